The van der Waals surface area contributed by atoms with Crippen molar-refractivity contribution in [3.8, 4) is 0 Å². The molecule has 0 bridgehead atoms. The van der Waals surface area contributed by atoms with Crippen molar-refractivity contribution in [2.45, 2.75) is 17.9 Å². The Labute approximate surface area is 170 Å². The zero-order chi connectivity index (χ0) is 19.6. The lowest BCUT2D eigenvalue weighted by molar-refractivity contribution is 0.626. The molecule has 0 saturated heterocycles. The number of benzene rings is 2. The maximum absolute atomic E-state index is 13.4. The quantitative estimate of drug-likeness (QED) is 0.434. The Kier molecular flexibility index (Phi) is 4.61. The first-order chi connectivity index (χ1) is 14.2. The van der Waals surface area contributed by atoms with Gasteiger partial charge in [0.25, 0.3) is 0 Å². The van der Waals surface area contributed by atoms with E-state index in [0.29, 0.717) is 12.5 Å². The van der Waals surface area contributed by atoms with Crippen LogP contribution in [-0.2, 0) is 13.0 Å². The van der Waals surface area contributed by atoms with E-state index in [-0.39, 0.29) is 5.82 Å². The van der Waals surface area contributed by atoms with Gasteiger partial charge in [0.2, 0.25) is 5.95 Å². The summed E-state index contributed by atoms with van der Waals surface area (Å²) in [6.07, 6.45) is 4.62. The standard InChI is InChI=1S/C21H17FN6S/c22-15-4-1-3-13(9-15)11-23-21-26-18-5-2-8-29-19(18)20(27-21)25-16-6-7-17-14(10-16)12-24-28-17/h1-4,6-10,12H,5,11H2,(H,24,28)(H2,23,25,26,27). The van der Waals surface area contributed by atoms with Crippen LogP contribution in [0.3, 0.4) is 0 Å². The molecule has 0 spiro atoms. The summed E-state index contributed by atoms with van der Waals surface area (Å²) in [5, 5.41) is 16.7. The van der Waals surface area contributed by atoms with E-state index in [2.05, 4.69) is 42.3 Å². The SMILES string of the molecule is Fc1cccc(CNc2nc3c(c(Nc4ccc5[nH]ncc5c4)n2)SC=CC3)c1. The molecule has 0 aliphatic carbocycles. The second-order valence-corrected chi connectivity index (χ2v) is 7.56. The van der Waals surface area contributed by atoms with Crippen LogP contribution >= 0.6 is 11.8 Å². The molecular weight excluding hydrogens is 387 g/mol. The third kappa shape index (κ3) is 3.79. The van der Waals surface area contributed by atoms with Crippen molar-refractivity contribution in [3.05, 3.63) is 77.2 Å². The molecule has 1 aliphatic heterocycles. The van der Waals surface area contributed by atoms with Crippen molar-refractivity contribution in [3.63, 3.8) is 0 Å². The average Bonchev–Trinajstić information content (AvgIpc) is 3.20. The monoisotopic (exact) mass is 404 g/mol. The first-order valence-electron chi connectivity index (χ1n) is 9.16. The van der Waals surface area contributed by atoms with Crippen molar-refractivity contribution in [1.82, 2.24) is 20.2 Å². The van der Waals surface area contributed by atoms with Gasteiger partial charge in [-0.2, -0.15) is 10.1 Å². The van der Waals surface area contributed by atoms with Crippen molar-refractivity contribution in [1.29, 1.82) is 0 Å². The van der Waals surface area contributed by atoms with Crippen LogP contribution in [0.2, 0.25) is 0 Å². The number of halogens is 1. The zero-order valence-electron chi connectivity index (χ0n) is 15.3. The van der Waals surface area contributed by atoms with E-state index >= 15 is 0 Å². The molecule has 0 atom stereocenters. The first-order valence-corrected chi connectivity index (χ1v) is 10.0. The third-order valence-electron chi connectivity index (χ3n) is 4.57. The predicted octanol–water partition coefficient (Wildman–Crippen LogP) is 5.01. The molecule has 0 unspecified atom stereocenters. The molecule has 6 nitrogen and oxygen atoms in total. The predicted molar refractivity (Wildman–Crippen MR) is 114 cm³/mol. The van der Waals surface area contributed by atoms with Gasteiger partial charge in [-0.05, 0) is 41.3 Å². The van der Waals surface area contributed by atoms with Gasteiger partial charge in [0.15, 0.2) is 0 Å². The molecule has 5 rings (SSSR count). The molecule has 2 aromatic heterocycles. The van der Waals surface area contributed by atoms with E-state index in [0.717, 1.165) is 45.0 Å². The number of nitrogens with one attached hydrogen (secondary N) is 3. The van der Waals surface area contributed by atoms with E-state index < -0.39 is 0 Å². The number of fused-ring (bicyclic) bond motifs is 2. The average molecular weight is 404 g/mol. The number of hydrogen-bond donors (Lipinski definition) is 3. The molecule has 0 amide bonds. The Morgan fingerprint density at radius 1 is 1.14 bits per heavy atom. The number of aromatic amines is 1. The highest BCUT2D eigenvalue weighted by atomic mass is 32.2. The maximum atomic E-state index is 13.4. The number of allylic oxidation sites excluding steroid dienone is 1. The third-order valence-corrected chi connectivity index (χ3v) is 5.56. The van der Waals surface area contributed by atoms with Crippen molar-refractivity contribution >= 4 is 40.1 Å². The van der Waals surface area contributed by atoms with Crippen LogP contribution in [0.1, 0.15) is 11.3 Å². The molecule has 3 heterocycles. The summed E-state index contributed by atoms with van der Waals surface area (Å²) in [4.78, 5) is 10.3. The van der Waals surface area contributed by atoms with Crippen LogP contribution in [0.15, 0.2) is 65.0 Å². The van der Waals surface area contributed by atoms with Gasteiger partial charge >= 0.3 is 0 Å². The lowest BCUT2D eigenvalue weighted by Gasteiger charge is -2.17. The molecule has 0 saturated carbocycles. The molecule has 2 aromatic carbocycles. The highest BCUT2D eigenvalue weighted by Crippen LogP contribution is 2.36. The summed E-state index contributed by atoms with van der Waals surface area (Å²) in [5.41, 5.74) is 3.70. The molecule has 0 fully saturated rings. The van der Waals surface area contributed by atoms with Gasteiger partial charge < -0.3 is 10.6 Å². The van der Waals surface area contributed by atoms with E-state index in [1.807, 2.05) is 24.3 Å². The summed E-state index contributed by atoms with van der Waals surface area (Å²) in [6.45, 7) is 0.444. The van der Waals surface area contributed by atoms with Crippen molar-refractivity contribution in [2.75, 3.05) is 10.6 Å². The molecule has 0 radical (unpaired) electrons. The fraction of sp³-hybridized carbons (Fsp3) is 0.0952. The zero-order valence-corrected chi connectivity index (χ0v) is 16.1. The highest BCUT2D eigenvalue weighted by molar-refractivity contribution is 8.02. The topological polar surface area (TPSA) is 78.5 Å². The summed E-state index contributed by atoms with van der Waals surface area (Å²) in [6, 6.07) is 12.5. The van der Waals surface area contributed by atoms with Gasteiger partial charge in [0.05, 0.1) is 22.3 Å². The van der Waals surface area contributed by atoms with E-state index in [1.54, 1.807) is 24.0 Å². The van der Waals surface area contributed by atoms with E-state index in [4.69, 9.17) is 0 Å². The summed E-state index contributed by atoms with van der Waals surface area (Å²) >= 11 is 1.60. The van der Waals surface area contributed by atoms with Crippen LogP contribution in [0, 0.1) is 5.82 Å². The van der Waals surface area contributed by atoms with Gasteiger partial charge in [-0.1, -0.05) is 30.0 Å². The number of nitrogens with zero attached hydrogens (tertiary/aromatic N) is 3. The summed E-state index contributed by atoms with van der Waals surface area (Å²) < 4.78 is 13.4. The van der Waals surface area contributed by atoms with Crippen LogP contribution in [-0.4, -0.2) is 20.2 Å². The van der Waals surface area contributed by atoms with Crippen LogP contribution in [0.25, 0.3) is 10.9 Å². The van der Waals surface area contributed by atoms with Gasteiger partial charge in [0.1, 0.15) is 11.6 Å². The number of hydrogen-bond acceptors (Lipinski definition) is 6. The molecule has 8 heteroatoms. The second-order valence-electron chi connectivity index (χ2n) is 6.65. The second kappa shape index (κ2) is 7.56. The maximum Gasteiger partial charge on any atom is 0.225 e. The minimum Gasteiger partial charge on any atom is -0.350 e. The fourth-order valence-electron chi connectivity index (χ4n) is 3.18. The van der Waals surface area contributed by atoms with Gasteiger partial charge in [-0.15, -0.1) is 0 Å². The smallest absolute Gasteiger partial charge is 0.225 e. The number of rotatable bonds is 5. The summed E-state index contributed by atoms with van der Waals surface area (Å²) in [5.74, 6) is 0.999. The van der Waals surface area contributed by atoms with Crippen LogP contribution in [0.5, 0.6) is 0 Å². The highest BCUT2D eigenvalue weighted by Gasteiger charge is 2.17. The molecule has 4 aromatic rings. The molecular formula is C21H17FN6S. The first kappa shape index (κ1) is 17.7. The Hall–Kier alpha value is -3.39. The summed E-state index contributed by atoms with van der Waals surface area (Å²) in [7, 11) is 0. The Morgan fingerprint density at radius 3 is 3.03 bits per heavy atom. The molecule has 3 N–H and O–H groups in total. The van der Waals surface area contributed by atoms with Gasteiger partial charge in [-0.25, -0.2) is 9.37 Å². The molecule has 29 heavy (non-hydrogen) atoms. The number of anilines is 3. The Balaban J connectivity index is 1.44. The van der Waals surface area contributed by atoms with E-state index in [1.165, 1.54) is 12.1 Å². The van der Waals surface area contributed by atoms with Gasteiger partial charge in [-0.3, -0.25) is 5.10 Å². The molecule has 1 aliphatic rings. The lowest BCUT2D eigenvalue weighted by Crippen LogP contribution is -2.10. The normalized spacial score (nSPS) is 12.7. The Morgan fingerprint density at radius 2 is 2.10 bits per heavy atom. The lowest BCUT2D eigenvalue weighted by atomic mass is 10.2. The van der Waals surface area contributed by atoms with E-state index in [9.17, 15) is 4.39 Å². The van der Waals surface area contributed by atoms with Crippen molar-refractivity contribution in [2.24, 2.45) is 0 Å². The Bertz CT molecular complexity index is 1220. The number of H-pyrrole nitrogens is 1. The van der Waals surface area contributed by atoms with Crippen molar-refractivity contribution < 1.29 is 4.39 Å². The number of aromatic nitrogens is 4. The minimum absolute atomic E-state index is 0.255. The fourth-order valence-corrected chi connectivity index (χ4v) is 3.99. The number of thioether (sulfide) groups is 1. The van der Waals surface area contributed by atoms with Crippen LogP contribution < -0.4 is 10.6 Å². The van der Waals surface area contributed by atoms with Gasteiger partial charge in [0, 0.05) is 24.0 Å². The molecule has 144 valence electrons. The van der Waals surface area contributed by atoms with Crippen LogP contribution in [0.4, 0.5) is 21.8 Å². The largest absolute Gasteiger partial charge is 0.350 e. The minimum atomic E-state index is -0.255.